The minimum atomic E-state index is -0.806. The van der Waals surface area contributed by atoms with Crippen LogP contribution in [0.4, 0.5) is 5.69 Å². The maximum Gasteiger partial charge on any atom is 0.246 e. The summed E-state index contributed by atoms with van der Waals surface area (Å²) >= 11 is 0. The van der Waals surface area contributed by atoms with Crippen LogP contribution in [0, 0.1) is 0 Å². The number of hydrogen-bond donors (Lipinski definition) is 1. The predicted molar refractivity (Wildman–Crippen MR) is 65.1 cm³/mol. The zero-order chi connectivity index (χ0) is 12.2. The predicted octanol–water partition coefficient (Wildman–Crippen LogP) is 1.56. The highest BCUT2D eigenvalue weighted by Gasteiger charge is 2.30. The Hall–Kier alpha value is -1.42. The molecule has 88 valence electrons. The molecule has 16 heavy (non-hydrogen) atoms. The summed E-state index contributed by atoms with van der Waals surface area (Å²) in [5.41, 5.74) is 6.00. The van der Waals surface area contributed by atoms with E-state index in [0.717, 1.165) is 5.69 Å². The van der Waals surface area contributed by atoms with Crippen molar-refractivity contribution in [1.29, 1.82) is 0 Å². The lowest BCUT2D eigenvalue weighted by Gasteiger charge is -2.30. The van der Waals surface area contributed by atoms with Gasteiger partial charge in [0.15, 0.2) is 0 Å². The standard InChI is InChI=1S/C12H19N3O/c1-4-12(3,13)11(16)15(5-2)10-6-8-14-9-7-10/h6-9H,4-5,13H2,1-3H3. The molecule has 4 heteroatoms. The van der Waals surface area contributed by atoms with E-state index in [4.69, 9.17) is 5.73 Å². The van der Waals surface area contributed by atoms with Crippen molar-refractivity contribution in [3.8, 4) is 0 Å². The van der Waals surface area contributed by atoms with Gasteiger partial charge in [0.05, 0.1) is 5.54 Å². The SMILES string of the molecule is CCN(C(=O)C(C)(N)CC)c1ccncc1. The highest BCUT2D eigenvalue weighted by Crippen LogP contribution is 2.17. The van der Waals surface area contributed by atoms with E-state index in [1.807, 2.05) is 26.0 Å². The van der Waals surface area contributed by atoms with Crippen molar-refractivity contribution >= 4 is 11.6 Å². The molecule has 1 amide bonds. The van der Waals surface area contributed by atoms with Crippen LogP contribution in [-0.4, -0.2) is 23.0 Å². The van der Waals surface area contributed by atoms with E-state index in [0.29, 0.717) is 13.0 Å². The summed E-state index contributed by atoms with van der Waals surface area (Å²) in [7, 11) is 0. The van der Waals surface area contributed by atoms with Gasteiger partial charge in [0.2, 0.25) is 5.91 Å². The Labute approximate surface area is 96.5 Å². The zero-order valence-electron chi connectivity index (χ0n) is 10.1. The molecule has 1 heterocycles. The molecule has 0 radical (unpaired) electrons. The molecule has 0 aliphatic rings. The summed E-state index contributed by atoms with van der Waals surface area (Å²) in [5.74, 6) is -0.0521. The number of amides is 1. The molecule has 1 aromatic rings. The number of anilines is 1. The van der Waals surface area contributed by atoms with Crippen molar-refractivity contribution in [3.63, 3.8) is 0 Å². The molecule has 0 aliphatic heterocycles. The van der Waals surface area contributed by atoms with Gasteiger partial charge in [-0.05, 0) is 32.4 Å². The van der Waals surface area contributed by atoms with Crippen molar-refractivity contribution in [2.45, 2.75) is 32.7 Å². The first-order chi connectivity index (χ1) is 7.53. The number of pyridine rings is 1. The molecular weight excluding hydrogens is 202 g/mol. The highest BCUT2D eigenvalue weighted by molar-refractivity contribution is 5.99. The molecule has 0 fully saturated rings. The first kappa shape index (κ1) is 12.6. The maximum atomic E-state index is 12.2. The summed E-state index contributed by atoms with van der Waals surface area (Å²) in [4.78, 5) is 17.8. The molecule has 4 nitrogen and oxygen atoms in total. The second-order valence-electron chi connectivity index (χ2n) is 4.03. The second-order valence-corrected chi connectivity index (χ2v) is 4.03. The third kappa shape index (κ3) is 2.58. The van der Waals surface area contributed by atoms with Crippen molar-refractivity contribution < 1.29 is 4.79 Å². The largest absolute Gasteiger partial charge is 0.318 e. The van der Waals surface area contributed by atoms with Crippen LogP contribution in [0.15, 0.2) is 24.5 Å². The van der Waals surface area contributed by atoms with E-state index in [-0.39, 0.29) is 5.91 Å². The molecule has 0 saturated carbocycles. The van der Waals surface area contributed by atoms with Gasteiger partial charge in [-0.15, -0.1) is 0 Å². The number of hydrogen-bond acceptors (Lipinski definition) is 3. The summed E-state index contributed by atoms with van der Waals surface area (Å²) in [6, 6.07) is 3.63. The molecule has 0 bridgehead atoms. The number of carbonyl (C=O) groups is 1. The Morgan fingerprint density at radius 2 is 2.00 bits per heavy atom. The van der Waals surface area contributed by atoms with Gasteiger partial charge in [-0.2, -0.15) is 0 Å². The van der Waals surface area contributed by atoms with Crippen LogP contribution in [0.1, 0.15) is 27.2 Å². The molecule has 1 rings (SSSR count). The van der Waals surface area contributed by atoms with Gasteiger partial charge in [-0.1, -0.05) is 6.92 Å². The third-order valence-corrected chi connectivity index (χ3v) is 2.76. The van der Waals surface area contributed by atoms with Crippen molar-refractivity contribution in [1.82, 2.24) is 4.98 Å². The van der Waals surface area contributed by atoms with Crippen molar-refractivity contribution in [2.75, 3.05) is 11.4 Å². The second kappa shape index (κ2) is 5.07. The number of aromatic nitrogens is 1. The van der Waals surface area contributed by atoms with E-state index in [1.165, 1.54) is 0 Å². The van der Waals surface area contributed by atoms with Crippen LogP contribution in [0.2, 0.25) is 0 Å². The lowest BCUT2D eigenvalue weighted by molar-refractivity contribution is -0.123. The van der Waals surface area contributed by atoms with E-state index in [2.05, 4.69) is 4.98 Å². The topological polar surface area (TPSA) is 59.2 Å². The van der Waals surface area contributed by atoms with Gasteiger partial charge in [0, 0.05) is 24.6 Å². The Morgan fingerprint density at radius 1 is 1.44 bits per heavy atom. The minimum Gasteiger partial charge on any atom is -0.318 e. The molecule has 1 aromatic heterocycles. The van der Waals surface area contributed by atoms with E-state index < -0.39 is 5.54 Å². The van der Waals surface area contributed by atoms with Gasteiger partial charge >= 0.3 is 0 Å². The van der Waals surface area contributed by atoms with Crippen LogP contribution in [0.25, 0.3) is 0 Å². The molecule has 2 N–H and O–H groups in total. The normalized spacial score (nSPS) is 14.2. The van der Waals surface area contributed by atoms with Crippen LogP contribution in [0.5, 0.6) is 0 Å². The smallest absolute Gasteiger partial charge is 0.246 e. The average molecular weight is 221 g/mol. The number of nitrogens with two attached hydrogens (primary N) is 1. The zero-order valence-corrected chi connectivity index (χ0v) is 10.1. The molecule has 1 unspecified atom stereocenters. The Balaban J connectivity index is 2.96. The fourth-order valence-electron chi connectivity index (χ4n) is 1.43. The quantitative estimate of drug-likeness (QED) is 0.839. The third-order valence-electron chi connectivity index (χ3n) is 2.76. The summed E-state index contributed by atoms with van der Waals surface area (Å²) in [6.07, 6.45) is 3.96. The van der Waals surface area contributed by atoms with Gasteiger partial charge in [-0.3, -0.25) is 9.78 Å². The van der Waals surface area contributed by atoms with Gasteiger partial charge in [0.1, 0.15) is 0 Å². The summed E-state index contributed by atoms with van der Waals surface area (Å²) in [6.45, 7) is 6.22. The summed E-state index contributed by atoms with van der Waals surface area (Å²) in [5, 5.41) is 0. The van der Waals surface area contributed by atoms with Crippen LogP contribution in [0.3, 0.4) is 0 Å². The molecule has 1 atom stereocenters. The van der Waals surface area contributed by atoms with E-state index in [1.54, 1.807) is 24.2 Å². The first-order valence-corrected chi connectivity index (χ1v) is 5.53. The molecule has 0 spiro atoms. The van der Waals surface area contributed by atoms with Crippen LogP contribution in [-0.2, 0) is 4.79 Å². The first-order valence-electron chi connectivity index (χ1n) is 5.53. The fourth-order valence-corrected chi connectivity index (χ4v) is 1.43. The number of nitrogens with zero attached hydrogens (tertiary/aromatic N) is 2. The Bertz CT molecular complexity index is 349. The van der Waals surface area contributed by atoms with Gasteiger partial charge in [-0.25, -0.2) is 0 Å². The minimum absolute atomic E-state index is 0.0521. The monoisotopic (exact) mass is 221 g/mol. The lowest BCUT2D eigenvalue weighted by atomic mass is 9.98. The van der Waals surface area contributed by atoms with Gasteiger partial charge < -0.3 is 10.6 Å². The molecule has 0 aliphatic carbocycles. The number of carbonyl (C=O) groups excluding carboxylic acids is 1. The number of likely N-dealkylation sites (N-methyl/N-ethyl adjacent to an activating group) is 1. The van der Waals surface area contributed by atoms with Gasteiger partial charge in [0.25, 0.3) is 0 Å². The van der Waals surface area contributed by atoms with Crippen LogP contribution >= 0.6 is 0 Å². The Kier molecular flexibility index (Phi) is 4.01. The number of rotatable bonds is 4. The molecule has 0 aromatic carbocycles. The maximum absolute atomic E-state index is 12.2. The van der Waals surface area contributed by atoms with Crippen LogP contribution < -0.4 is 10.6 Å². The fraction of sp³-hybridized carbons (Fsp3) is 0.500. The summed E-state index contributed by atoms with van der Waals surface area (Å²) < 4.78 is 0. The highest BCUT2D eigenvalue weighted by atomic mass is 16.2. The van der Waals surface area contributed by atoms with E-state index in [9.17, 15) is 4.79 Å². The van der Waals surface area contributed by atoms with Crippen molar-refractivity contribution in [3.05, 3.63) is 24.5 Å². The van der Waals surface area contributed by atoms with Crippen molar-refractivity contribution in [2.24, 2.45) is 5.73 Å². The molecular formula is C12H19N3O. The Morgan fingerprint density at radius 3 is 2.44 bits per heavy atom. The molecule has 0 saturated heterocycles. The average Bonchev–Trinajstić information content (AvgIpc) is 2.31. The van der Waals surface area contributed by atoms with E-state index >= 15 is 0 Å². The lowest BCUT2D eigenvalue weighted by Crippen LogP contribution is -2.53.